The predicted octanol–water partition coefficient (Wildman–Crippen LogP) is 5.41. The van der Waals surface area contributed by atoms with Crippen molar-refractivity contribution in [2.75, 3.05) is 25.6 Å². The van der Waals surface area contributed by atoms with Crippen LogP contribution in [0.3, 0.4) is 0 Å². The monoisotopic (exact) mass is 397 g/mol. The van der Waals surface area contributed by atoms with Crippen LogP contribution in [0.15, 0.2) is 46.9 Å². The standard InChI is InChI=1S/C23H27NO5/c1-4-12-27-20-11-10-16(14-21(20)28-13-5-2)24-23(25)22-18(15-26-3)17-8-6-7-9-19(17)29-22/h6-11,14H,4-5,12-13,15H2,1-3H3,(H,24,25). The summed E-state index contributed by atoms with van der Waals surface area (Å²) in [6.07, 6.45) is 1.78. The summed E-state index contributed by atoms with van der Waals surface area (Å²) in [4.78, 5) is 12.9. The number of hydrogen-bond acceptors (Lipinski definition) is 5. The van der Waals surface area contributed by atoms with E-state index in [0.717, 1.165) is 23.8 Å². The topological polar surface area (TPSA) is 69.9 Å². The number of hydrogen-bond donors (Lipinski definition) is 1. The maximum atomic E-state index is 12.9. The number of fused-ring (bicyclic) bond motifs is 1. The highest BCUT2D eigenvalue weighted by Gasteiger charge is 2.21. The summed E-state index contributed by atoms with van der Waals surface area (Å²) in [6.45, 7) is 5.55. The van der Waals surface area contributed by atoms with Crippen molar-refractivity contribution in [3.05, 3.63) is 53.8 Å². The van der Waals surface area contributed by atoms with Gasteiger partial charge in [-0.05, 0) is 31.0 Å². The summed E-state index contributed by atoms with van der Waals surface area (Å²) in [5.41, 5.74) is 1.99. The van der Waals surface area contributed by atoms with E-state index in [-0.39, 0.29) is 18.3 Å². The Bertz CT molecular complexity index is 963. The van der Waals surface area contributed by atoms with Crippen LogP contribution in [0.2, 0.25) is 0 Å². The van der Waals surface area contributed by atoms with Gasteiger partial charge in [0.05, 0.1) is 19.8 Å². The lowest BCUT2D eigenvalue weighted by Gasteiger charge is -2.14. The molecule has 154 valence electrons. The second kappa shape index (κ2) is 9.98. The van der Waals surface area contributed by atoms with E-state index < -0.39 is 0 Å². The molecule has 3 aromatic rings. The molecule has 6 nitrogen and oxygen atoms in total. The van der Waals surface area contributed by atoms with Crippen LogP contribution in [0.25, 0.3) is 11.0 Å². The summed E-state index contributed by atoms with van der Waals surface area (Å²) < 4.78 is 22.6. The number of nitrogens with one attached hydrogen (secondary N) is 1. The zero-order valence-corrected chi connectivity index (χ0v) is 17.1. The third-order valence-corrected chi connectivity index (χ3v) is 4.32. The van der Waals surface area contributed by atoms with Crippen LogP contribution in [0.4, 0.5) is 5.69 Å². The molecule has 6 heteroatoms. The Morgan fingerprint density at radius 1 is 1.00 bits per heavy atom. The van der Waals surface area contributed by atoms with E-state index in [4.69, 9.17) is 18.6 Å². The Morgan fingerprint density at radius 2 is 1.72 bits per heavy atom. The van der Waals surface area contributed by atoms with Crippen LogP contribution in [-0.2, 0) is 11.3 Å². The molecule has 0 aliphatic carbocycles. The van der Waals surface area contributed by atoms with Crippen LogP contribution in [0, 0.1) is 0 Å². The summed E-state index contributed by atoms with van der Waals surface area (Å²) >= 11 is 0. The molecule has 0 aliphatic heterocycles. The number of benzene rings is 2. The summed E-state index contributed by atoms with van der Waals surface area (Å²) in [6, 6.07) is 12.9. The average Bonchev–Trinajstić information content (AvgIpc) is 3.10. The molecular formula is C23H27NO5. The highest BCUT2D eigenvalue weighted by atomic mass is 16.5. The van der Waals surface area contributed by atoms with E-state index in [0.29, 0.717) is 36.0 Å². The molecule has 0 radical (unpaired) electrons. The highest BCUT2D eigenvalue weighted by molar-refractivity contribution is 6.06. The number of carbonyl (C=O) groups is 1. The van der Waals surface area contributed by atoms with E-state index in [9.17, 15) is 4.79 Å². The number of furan rings is 1. The van der Waals surface area contributed by atoms with Gasteiger partial charge in [-0.2, -0.15) is 0 Å². The molecule has 1 aromatic heterocycles. The Balaban J connectivity index is 1.86. The van der Waals surface area contributed by atoms with Crippen molar-refractivity contribution in [1.82, 2.24) is 0 Å². The Morgan fingerprint density at radius 3 is 2.45 bits per heavy atom. The molecule has 1 amide bonds. The minimum atomic E-state index is -0.336. The molecule has 0 spiro atoms. The van der Waals surface area contributed by atoms with Gasteiger partial charge >= 0.3 is 0 Å². The van der Waals surface area contributed by atoms with Crippen molar-refractivity contribution in [2.45, 2.75) is 33.3 Å². The fourth-order valence-corrected chi connectivity index (χ4v) is 3.00. The first-order chi connectivity index (χ1) is 14.2. The van der Waals surface area contributed by atoms with Crippen LogP contribution in [0.5, 0.6) is 11.5 Å². The molecule has 0 fully saturated rings. The molecule has 0 unspecified atom stereocenters. The van der Waals surface area contributed by atoms with Gasteiger partial charge in [-0.1, -0.05) is 32.0 Å². The SMILES string of the molecule is CCCOc1ccc(NC(=O)c2oc3ccccc3c2COC)cc1OCCC. The fraction of sp³-hybridized carbons (Fsp3) is 0.348. The van der Waals surface area contributed by atoms with Gasteiger partial charge in [0.15, 0.2) is 17.3 Å². The third kappa shape index (κ3) is 4.90. The second-order valence-electron chi connectivity index (χ2n) is 6.65. The highest BCUT2D eigenvalue weighted by Crippen LogP contribution is 2.32. The van der Waals surface area contributed by atoms with Crippen molar-refractivity contribution >= 4 is 22.6 Å². The van der Waals surface area contributed by atoms with Gasteiger partial charge in [-0.25, -0.2) is 0 Å². The maximum absolute atomic E-state index is 12.9. The molecule has 1 heterocycles. The fourth-order valence-electron chi connectivity index (χ4n) is 3.00. The minimum absolute atomic E-state index is 0.246. The number of methoxy groups -OCH3 is 1. The number of amides is 1. The van der Waals surface area contributed by atoms with Gasteiger partial charge in [0.25, 0.3) is 5.91 Å². The zero-order valence-electron chi connectivity index (χ0n) is 17.1. The summed E-state index contributed by atoms with van der Waals surface area (Å²) in [7, 11) is 1.59. The van der Waals surface area contributed by atoms with Gasteiger partial charge in [-0.3, -0.25) is 4.79 Å². The van der Waals surface area contributed by atoms with Crippen molar-refractivity contribution in [1.29, 1.82) is 0 Å². The summed E-state index contributed by atoms with van der Waals surface area (Å²) in [5, 5.41) is 3.76. The first kappa shape index (κ1) is 20.7. The normalized spacial score (nSPS) is 10.9. The Hall–Kier alpha value is -2.99. The van der Waals surface area contributed by atoms with Gasteiger partial charge in [0.1, 0.15) is 5.58 Å². The lowest BCUT2D eigenvalue weighted by molar-refractivity contribution is 0.0992. The van der Waals surface area contributed by atoms with Gasteiger partial charge < -0.3 is 23.9 Å². The van der Waals surface area contributed by atoms with Crippen molar-refractivity contribution in [3.8, 4) is 11.5 Å². The van der Waals surface area contributed by atoms with Crippen molar-refractivity contribution in [3.63, 3.8) is 0 Å². The largest absolute Gasteiger partial charge is 0.490 e. The van der Waals surface area contributed by atoms with Crippen LogP contribution in [-0.4, -0.2) is 26.2 Å². The van der Waals surface area contributed by atoms with Gasteiger partial charge in [0.2, 0.25) is 0 Å². The van der Waals surface area contributed by atoms with Crippen molar-refractivity contribution < 1.29 is 23.4 Å². The Labute approximate surface area is 170 Å². The third-order valence-electron chi connectivity index (χ3n) is 4.32. The number of para-hydroxylation sites is 1. The van der Waals surface area contributed by atoms with Crippen LogP contribution in [0.1, 0.15) is 42.8 Å². The maximum Gasteiger partial charge on any atom is 0.291 e. The van der Waals surface area contributed by atoms with E-state index in [2.05, 4.69) is 5.32 Å². The van der Waals surface area contributed by atoms with E-state index in [1.807, 2.05) is 44.2 Å². The zero-order chi connectivity index (χ0) is 20.6. The average molecular weight is 397 g/mol. The van der Waals surface area contributed by atoms with Crippen molar-refractivity contribution in [2.24, 2.45) is 0 Å². The molecule has 0 atom stereocenters. The molecule has 1 N–H and O–H groups in total. The predicted molar refractivity (Wildman–Crippen MR) is 113 cm³/mol. The Kier molecular flexibility index (Phi) is 7.14. The first-order valence-corrected chi connectivity index (χ1v) is 9.88. The quantitative estimate of drug-likeness (QED) is 0.495. The second-order valence-corrected chi connectivity index (χ2v) is 6.65. The number of carbonyl (C=O) groups excluding carboxylic acids is 1. The number of rotatable bonds is 10. The molecule has 29 heavy (non-hydrogen) atoms. The van der Waals surface area contributed by atoms with E-state index >= 15 is 0 Å². The smallest absolute Gasteiger partial charge is 0.291 e. The van der Waals surface area contributed by atoms with Gasteiger partial charge in [-0.15, -0.1) is 0 Å². The lowest BCUT2D eigenvalue weighted by atomic mass is 10.1. The number of ether oxygens (including phenoxy) is 3. The summed E-state index contributed by atoms with van der Waals surface area (Å²) in [5.74, 6) is 1.19. The molecular weight excluding hydrogens is 370 g/mol. The molecule has 2 aromatic carbocycles. The molecule has 0 saturated heterocycles. The van der Waals surface area contributed by atoms with E-state index in [1.165, 1.54) is 0 Å². The lowest BCUT2D eigenvalue weighted by Crippen LogP contribution is -2.13. The molecule has 0 aliphatic rings. The van der Waals surface area contributed by atoms with E-state index in [1.54, 1.807) is 19.2 Å². The number of anilines is 1. The first-order valence-electron chi connectivity index (χ1n) is 9.88. The van der Waals surface area contributed by atoms with Crippen LogP contribution < -0.4 is 14.8 Å². The minimum Gasteiger partial charge on any atom is -0.490 e. The molecule has 0 bridgehead atoms. The molecule has 3 rings (SSSR count). The van der Waals surface area contributed by atoms with Crippen LogP contribution >= 0.6 is 0 Å². The van der Waals surface area contributed by atoms with Gasteiger partial charge in [0, 0.05) is 29.8 Å². The molecule has 0 saturated carbocycles.